The van der Waals surface area contributed by atoms with Crippen LogP contribution in [0.15, 0.2) is 0 Å². The molecule has 102 valence electrons. The largest absolute Gasteiger partial charge is 0.315 e. The van der Waals surface area contributed by atoms with Gasteiger partial charge in [-0.2, -0.15) is 0 Å². The lowest BCUT2D eigenvalue weighted by molar-refractivity contribution is 0.0831. The first-order valence-electron chi connectivity index (χ1n) is 7.67. The molecule has 0 aromatic carbocycles. The Balaban J connectivity index is 2.58. The maximum absolute atomic E-state index is 3.54. The molecule has 1 N–H and O–H groups in total. The predicted molar refractivity (Wildman–Crippen MR) is 76.4 cm³/mol. The number of hydrogen-bond donors (Lipinski definition) is 1. The van der Waals surface area contributed by atoms with E-state index in [1.165, 1.54) is 38.6 Å². The van der Waals surface area contributed by atoms with Crippen LogP contribution in [0.1, 0.15) is 59.8 Å². The lowest BCUT2D eigenvalue weighted by Gasteiger charge is -2.41. The molecule has 0 saturated heterocycles. The van der Waals surface area contributed by atoms with Crippen molar-refractivity contribution in [3.8, 4) is 0 Å². The zero-order valence-corrected chi connectivity index (χ0v) is 12.3. The summed E-state index contributed by atoms with van der Waals surface area (Å²) in [5.74, 6) is 0.746. The Bertz CT molecular complexity index is 185. The van der Waals surface area contributed by atoms with Crippen LogP contribution in [0, 0.1) is 5.92 Å². The van der Waals surface area contributed by atoms with E-state index in [4.69, 9.17) is 0 Å². The third-order valence-corrected chi connectivity index (χ3v) is 4.21. The first-order chi connectivity index (χ1) is 8.20. The number of rotatable bonds is 7. The van der Waals surface area contributed by atoms with Crippen molar-refractivity contribution in [2.75, 3.05) is 19.6 Å². The molecule has 2 nitrogen and oxygen atoms in total. The molecule has 1 aliphatic carbocycles. The number of nitrogens with one attached hydrogen (secondary N) is 1. The Kier molecular flexibility index (Phi) is 7.14. The molecule has 17 heavy (non-hydrogen) atoms. The molecule has 1 fully saturated rings. The molecule has 2 heteroatoms. The third kappa shape index (κ3) is 4.59. The van der Waals surface area contributed by atoms with Gasteiger partial charge in [-0.1, -0.05) is 47.0 Å². The quantitative estimate of drug-likeness (QED) is 0.735. The van der Waals surface area contributed by atoms with Crippen molar-refractivity contribution in [1.82, 2.24) is 10.2 Å². The molecule has 0 aliphatic heterocycles. The first kappa shape index (κ1) is 15.0. The smallest absolute Gasteiger partial charge is 0.0246 e. The van der Waals surface area contributed by atoms with E-state index in [1.807, 2.05) is 0 Å². The molecular formula is C15H32N2. The van der Waals surface area contributed by atoms with E-state index in [0.717, 1.165) is 25.0 Å². The molecule has 0 aromatic rings. The summed E-state index contributed by atoms with van der Waals surface area (Å²) in [5, 5.41) is 3.54. The highest BCUT2D eigenvalue weighted by molar-refractivity contribution is 4.84. The van der Waals surface area contributed by atoms with Gasteiger partial charge in [-0.15, -0.1) is 0 Å². The van der Waals surface area contributed by atoms with E-state index in [2.05, 4.69) is 37.9 Å². The topological polar surface area (TPSA) is 15.3 Å². The van der Waals surface area contributed by atoms with Crippen molar-refractivity contribution >= 4 is 0 Å². The SMILES string of the molecule is CCNCC(C(C)C)N(CC)C1CCCCC1. The summed E-state index contributed by atoms with van der Waals surface area (Å²) in [4.78, 5) is 2.77. The summed E-state index contributed by atoms with van der Waals surface area (Å²) >= 11 is 0. The van der Waals surface area contributed by atoms with Gasteiger partial charge in [0.05, 0.1) is 0 Å². The summed E-state index contributed by atoms with van der Waals surface area (Å²) in [5.41, 5.74) is 0. The van der Waals surface area contributed by atoms with Gasteiger partial charge >= 0.3 is 0 Å². The molecule has 0 heterocycles. The molecule has 1 saturated carbocycles. The summed E-state index contributed by atoms with van der Waals surface area (Å²) in [7, 11) is 0. The Hall–Kier alpha value is -0.0800. The Morgan fingerprint density at radius 3 is 2.24 bits per heavy atom. The van der Waals surface area contributed by atoms with Crippen molar-refractivity contribution in [3.63, 3.8) is 0 Å². The minimum absolute atomic E-state index is 0.711. The summed E-state index contributed by atoms with van der Waals surface area (Å²) in [6, 6.07) is 1.56. The van der Waals surface area contributed by atoms with Gasteiger partial charge in [-0.25, -0.2) is 0 Å². The van der Waals surface area contributed by atoms with Crippen LogP contribution in [0.3, 0.4) is 0 Å². The minimum atomic E-state index is 0.711. The van der Waals surface area contributed by atoms with Crippen LogP contribution in [0.2, 0.25) is 0 Å². The molecular weight excluding hydrogens is 208 g/mol. The molecule has 0 spiro atoms. The van der Waals surface area contributed by atoms with Gasteiger partial charge in [0.2, 0.25) is 0 Å². The van der Waals surface area contributed by atoms with Crippen molar-refractivity contribution in [2.24, 2.45) is 5.92 Å². The monoisotopic (exact) mass is 240 g/mol. The van der Waals surface area contributed by atoms with Gasteiger partial charge in [0.25, 0.3) is 0 Å². The van der Waals surface area contributed by atoms with Crippen LogP contribution in [-0.2, 0) is 0 Å². The fourth-order valence-electron chi connectivity index (χ4n) is 3.20. The van der Waals surface area contributed by atoms with Crippen LogP contribution >= 0.6 is 0 Å². The van der Waals surface area contributed by atoms with Crippen LogP contribution < -0.4 is 5.32 Å². The van der Waals surface area contributed by atoms with Crippen LogP contribution in [0.25, 0.3) is 0 Å². The van der Waals surface area contributed by atoms with E-state index in [0.29, 0.717) is 6.04 Å². The maximum Gasteiger partial charge on any atom is 0.0246 e. The summed E-state index contributed by atoms with van der Waals surface area (Å²) < 4.78 is 0. The molecule has 0 bridgehead atoms. The van der Waals surface area contributed by atoms with Gasteiger partial charge in [-0.3, -0.25) is 4.90 Å². The lowest BCUT2D eigenvalue weighted by Crippen LogP contribution is -2.51. The van der Waals surface area contributed by atoms with Gasteiger partial charge < -0.3 is 5.32 Å². The molecule has 1 atom stereocenters. The summed E-state index contributed by atoms with van der Waals surface area (Å²) in [6.07, 6.45) is 7.17. The van der Waals surface area contributed by atoms with Gasteiger partial charge in [0.1, 0.15) is 0 Å². The van der Waals surface area contributed by atoms with E-state index >= 15 is 0 Å². The van der Waals surface area contributed by atoms with Gasteiger partial charge in [0, 0.05) is 18.6 Å². The average Bonchev–Trinajstić information content (AvgIpc) is 2.35. The zero-order valence-electron chi connectivity index (χ0n) is 12.3. The molecule has 0 amide bonds. The Morgan fingerprint density at radius 2 is 1.76 bits per heavy atom. The van der Waals surface area contributed by atoms with Gasteiger partial charge in [-0.05, 0) is 31.8 Å². The summed E-state index contributed by atoms with van der Waals surface area (Å²) in [6.45, 7) is 12.7. The Labute approximate surface area is 108 Å². The maximum atomic E-state index is 3.54. The normalized spacial score (nSPS) is 20.1. The van der Waals surface area contributed by atoms with Crippen LogP contribution in [0.4, 0.5) is 0 Å². The fourth-order valence-corrected chi connectivity index (χ4v) is 3.20. The van der Waals surface area contributed by atoms with Gasteiger partial charge in [0.15, 0.2) is 0 Å². The molecule has 1 rings (SSSR count). The van der Waals surface area contributed by atoms with E-state index in [1.54, 1.807) is 0 Å². The number of likely N-dealkylation sites (N-methyl/N-ethyl adjacent to an activating group) is 2. The highest BCUT2D eigenvalue weighted by Gasteiger charge is 2.27. The second-order valence-electron chi connectivity index (χ2n) is 5.74. The standard InChI is InChI=1S/C15H32N2/c1-5-16-12-15(13(3)4)17(6-2)14-10-8-7-9-11-14/h13-16H,5-12H2,1-4H3. The molecule has 0 radical (unpaired) electrons. The Morgan fingerprint density at radius 1 is 1.12 bits per heavy atom. The van der Waals surface area contributed by atoms with Crippen molar-refractivity contribution < 1.29 is 0 Å². The van der Waals surface area contributed by atoms with E-state index in [-0.39, 0.29) is 0 Å². The fraction of sp³-hybridized carbons (Fsp3) is 1.00. The highest BCUT2D eigenvalue weighted by atomic mass is 15.2. The third-order valence-electron chi connectivity index (χ3n) is 4.21. The molecule has 0 aromatic heterocycles. The highest BCUT2D eigenvalue weighted by Crippen LogP contribution is 2.25. The number of hydrogen-bond acceptors (Lipinski definition) is 2. The van der Waals surface area contributed by atoms with Crippen molar-refractivity contribution in [1.29, 1.82) is 0 Å². The molecule has 1 aliphatic rings. The minimum Gasteiger partial charge on any atom is -0.315 e. The van der Waals surface area contributed by atoms with Crippen LogP contribution in [0.5, 0.6) is 0 Å². The zero-order chi connectivity index (χ0) is 12.7. The second kappa shape index (κ2) is 8.10. The van der Waals surface area contributed by atoms with E-state index < -0.39 is 0 Å². The van der Waals surface area contributed by atoms with E-state index in [9.17, 15) is 0 Å². The van der Waals surface area contributed by atoms with Crippen molar-refractivity contribution in [2.45, 2.75) is 71.9 Å². The van der Waals surface area contributed by atoms with Crippen molar-refractivity contribution in [3.05, 3.63) is 0 Å². The number of nitrogens with zero attached hydrogens (tertiary/aromatic N) is 1. The first-order valence-corrected chi connectivity index (χ1v) is 7.67. The molecule has 1 unspecified atom stereocenters. The van der Waals surface area contributed by atoms with Crippen LogP contribution in [-0.4, -0.2) is 36.6 Å². The second-order valence-corrected chi connectivity index (χ2v) is 5.74. The average molecular weight is 240 g/mol. The predicted octanol–water partition coefficient (Wildman–Crippen LogP) is 3.28. The lowest BCUT2D eigenvalue weighted by atomic mass is 9.91.